The Bertz CT molecular complexity index is 812. The van der Waals surface area contributed by atoms with Gasteiger partial charge in [-0.2, -0.15) is 0 Å². The number of imide groups is 1. The van der Waals surface area contributed by atoms with Gasteiger partial charge in [0, 0.05) is 12.1 Å². The zero-order chi connectivity index (χ0) is 21.9. The van der Waals surface area contributed by atoms with Gasteiger partial charge in [0.15, 0.2) is 0 Å². The minimum Gasteiger partial charge on any atom is -0.496 e. The van der Waals surface area contributed by atoms with E-state index in [1.54, 1.807) is 7.11 Å². The van der Waals surface area contributed by atoms with Gasteiger partial charge < -0.3 is 15.4 Å². The molecule has 7 heteroatoms. The molecular weight excluding hydrogens is 382 g/mol. The zero-order valence-electron chi connectivity index (χ0n) is 18.4. The predicted molar refractivity (Wildman–Crippen MR) is 114 cm³/mol. The molecule has 1 aliphatic heterocycles. The number of carbonyl (C=O) groups excluding carboxylic acids is 3. The van der Waals surface area contributed by atoms with Crippen LogP contribution in [0.25, 0.3) is 0 Å². The average molecular weight is 416 g/mol. The fourth-order valence-electron chi connectivity index (χ4n) is 4.58. The van der Waals surface area contributed by atoms with Gasteiger partial charge in [-0.3, -0.25) is 14.5 Å². The van der Waals surface area contributed by atoms with Crippen LogP contribution in [0.15, 0.2) is 24.3 Å². The van der Waals surface area contributed by atoms with E-state index in [2.05, 4.69) is 31.4 Å². The number of para-hydroxylation sites is 1. The smallest absolute Gasteiger partial charge is 0.325 e. The van der Waals surface area contributed by atoms with Crippen molar-refractivity contribution >= 4 is 17.8 Å². The van der Waals surface area contributed by atoms with E-state index in [1.165, 1.54) is 0 Å². The highest BCUT2D eigenvalue weighted by Gasteiger charge is 2.53. The molecule has 1 aromatic rings. The second kappa shape index (κ2) is 8.66. The summed E-state index contributed by atoms with van der Waals surface area (Å²) in [6, 6.07) is 6.92. The van der Waals surface area contributed by atoms with Crippen molar-refractivity contribution in [3.05, 3.63) is 29.8 Å². The summed E-state index contributed by atoms with van der Waals surface area (Å²) in [7, 11) is 1.57. The summed E-state index contributed by atoms with van der Waals surface area (Å²) in [4.78, 5) is 39.1. The first-order valence-electron chi connectivity index (χ1n) is 10.7. The number of nitrogens with one attached hydrogen (secondary N) is 2. The zero-order valence-corrected chi connectivity index (χ0v) is 18.4. The van der Waals surface area contributed by atoms with Crippen LogP contribution in [-0.4, -0.2) is 41.9 Å². The molecule has 1 spiro atoms. The third-order valence-electron chi connectivity index (χ3n) is 7.07. The van der Waals surface area contributed by atoms with E-state index in [-0.39, 0.29) is 30.3 Å². The second-order valence-corrected chi connectivity index (χ2v) is 9.11. The van der Waals surface area contributed by atoms with Gasteiger partial charge in [-0.05, 0) is 43.1 Å². The average Bonchev–Trinajstić information content (AvgIpc) is 2.96. The number of amides is 4. The van der Waals surface area contributed by atoms with Crippen LogP contribution in [0, 0.1) is 11.3 Å². The molecule has 1 saturated carbocycles. The van der Waals surface area contributed by atoms with Gasteiger partial charge >= 0.3 is 6.03 Å². The Hall–Kier alpha value is -2.57. The van der Waals surface area contributed by atoms with Gasteiger partial charge in [0.05, 0.1) is 7.11 Å². The quantitative estimate of drug-likeness (QED) is 0.670. The highest BCUT2D eigenvalue weighted by atomic mass is 16.5. The molecule has 1 aliphatic carbocycles. The fourth-order valence-corrected chi connectivity index (χ4v) is 4.58. The number of hydrogen-bond acceptors (Lipinski definition) is 4. The number of hydrogen-bond donors (Lipinski definition) is 2. The summed E-state index contributed by atoms with van der Waals surface area (Å²) >= 11 is 0. The van der Waals surface area contributed by atoms with Crippen molar-refractivity contribution in [2.24, 2.45) is 11.3 Å². The summed E-state index contributed by atoms with van der Waals surface area (Å²) in [6.07, 6.45) is 4.15. The van der Waals surface area contributed by atoms with E-state index in [4.69, 9.17) is 4.74 Å². The number of urea groups is 1. The molecule has 164 valence electrons. The number of ether oxygens (including phenoxy) is 1. The van der Waals surface area contributed by atoms with E-state index in [1.807, 2.05) is 24.3 Å². The van der Waals surface area contributed by atoms with Crippen LogP contribution < -0.4 is 15.4 Å². The molecule has 2 aliphatic rings. The number of rotatable bonds is 7. The molecule has 1 saturated heterocycles. The van der Waals surface area contributed by atoms with Crippen LogP contribution in [-0.2, 0) is 16.1 Å². The van der Waals surface area contributed by atoms with Crippen molar-refractivity contribution in [2.45, 2.75) is 65.0 Å². The van der Waals surface area contributed by atoms with Crippen LogP contribution >= 0.6 is 0 Å². The van der Waals surface area contributed by atoms with Crippen LogP contribution in [0.5, 0.6) is 5.75 Å². The lowest BCUT2D eigenvalue weighted by atomic mass is 9.65. The van der Waals surface area contributed by atoms with Crippen LogP contribution in [0.1, 0.15) is 58.4 Å². The Morgan fingerprint density at radius 3 is 2.57 bits per heavy atom. The molecule has 0 bridgehead atoms. The molecule has 2 N–H and O–H groups in total. The molecule has 0 radical (unpaired) electrons. The van der Waals surface area contributed by atoms with Crippen LogP contribution in [0.2, 0.25) is 0 Å². The van der Waals surface area contributed by atoms with E-state index in [0.29, 0.717) is 24.5 Å². The van der Waals surface area contributed by atoms with E-state index in [0.717, 1.165) is 29.7 Å². The summed E-state index contributed by atoms with van der Waals surface area (Å²) in [5.41, 5.74) is 0.213. The maximum Gasteiger partial charge on any atom is 0.325 e. The highest BCUT2D eigenvalue weighted by molar-refractivity contribution is 6.09. The first kappa shape index (κ1) is 22.1. The predicted octanol–water partition coefficient (Wildman–Crippen LogP) is 3.23. The largest absolute Gasteiger partial charge is 0.496 e. The number of methoxy groups -OCH3 is 1. The first-order valence-corrected chi connectivity index (χ1v) is 10.7. The molecule has 0 unspecified atom stereocenters. The molecule has 30 heavy (non-hydrogen) atoms. The molecular formula is C23H33N3O4. The fraction of sp³-hybridized carbons (Fsp3) is 0.609. The lowest BCUT2D eigenvalue weighted by molar-refractivity contribution is -0.136. The number of carbonyl (C=O) groups is 3. The Balaban J connectivity index is 1.58. The Kier molecular flexibility index (Phi) is 6.38. The summed E-state index contributed by atoms with van der Waals surface area (Å²) in [6.45, 7) is 6.72. The van der Waals surface area contributed by atoms with Crippen molar-refractivity contribution in [3.63, 3.8) is 0 Å². The number of nitrogens with zero attached hydrogens (tertiary/aromatic N) is 1. The van der Waals surface area contributed by atoms with Crippen molar-refractivity contribution in [1.82, 2.24) is 15.5 Å². The number of benzene rings is 1. The van der Waals surface area contributed by atoms with E-state index in [9.17, 15) is 14.4 Å². The van der Waals surface area contributed by atoms with E-state index < -0.39 is 11.6 Å². The summed E-state index contributed by atoms with van der Waals surface area (Å²) in [5.74, 6) is 0.574. The van der Waals surface area contributed by atoms with Crippen molar-refractivity contribution in [1.29, 1.82) is 0 Å². The maximum atomic E-state index is 13.1. The van der Waals surface area contributed by atoms with Crippen molar-refractivity contribution in [2.75, 3.05) is 13.7 Å². The van der Waals surface area contributed by atoms with Gasteiger partial charge in [-0.1, -0.05) is 45.4 Å². The maximum absolute atomic E-state index is 13.1. The molecule has 2 fully saturated rings. The standard InChI is InChI=1S/C23H33N3O4/c1-5-22(2,3)17-10-12-23(13-11-17)20(28)26(21(29)25-23)15-19(27)24-14-16-8-6-7-9-18(16)30-4/h6-9,17H,5,10-15H2,1-4H3,(H,24,27)(H,25,29). The molecule has 0 atom stereocenters. The third kappa shape index (κ3) is 4.30. The Labute approximate surface area is 178 Å². The Morgan fingerprint density at radius 2 is 1.93 bits per heavy atom. The molecule has 7 nitrogen and oxygen atoms in total. The highest BCUT2D eigenvalue weighted by Crippen LogP contribution is 2.45. The van der Waals surface area contributed by atoms with Crippen LogP contribution in [0.3, 0.4) is 0 Å². The third-order valence-corrected chi connectivity index (χ3v) is 7.07. The van der Waals surface area contributed by atoms with Gasteiger partial charge in [0.25, 0.3) is 5.91 Å². The second-order valence-electron chi connectivity index (χ2n) is 9.11. The monoisotopic (exact) mass is 415 g/mol. The van der Waals surface area contributed by atoms with Crippen molar-refractivity contribution < 1.29 is 19.1 Å². The van der Waals surface area contributed by atoms with Gasteiger partial charge in [0.1, 0.15) is 17.8 Å². The normalized spacial score (nSPS) is 24.1. The molecule has 1 aromatic carbocycles. The molecule has 0 aromatic heterocycles. The lowest BCUT2D eigenvalue weighted by Crippen LogP contribution is -2.51. The summed E-state index contributed by atoms with van der Waals surface area (Å²) < 4.78 is 5.28. The first-order chi connectivity index (χ1) is 14.2. The minimum absolute atomic E-state index is 0.228. The lowest BCUT2D eigenvalue weighted by Gasteiger charge is -2.42. The van der Waals surface area contributed by atoms with E-state index >= 15 is 0 Å². The minimum atomic E-state index is -0.847. The molecule has 1 heterocycles. The van der Waals surface area contributed by atoms with Gasteiger partial charge in [0.2, 0.25) is 5.91 Å². The Morgan fingerprint density at radius 1 is 1.27 bits per heavy atom. The van der Waals surface area contributed by atoms with Crippen molar-refractivity contribution in [3.8, 4) is 5.75 Å². The van der Waals surface area contributed by atoms with Crippen LogP contribution in [0.4, 0.5) is 4.79 Å². The van der Waals surface area contributed by atoms with Gasteiger partial charge in [-0.15, -0.1) is 0 Å². The molecule has 3 rings (SSSR count). The SMILES string of the molecule is CCC(C)(C)C1CCC2(CC1)NC(=O)N(CC(=O)NCc1ccccc1OC)C2=O. The summed E-state index contributed by atoms with van der Waals surface area (Å²) in [5, 5.41) is 5.67. The van der Waals surface area contributed by atoms with Gasteiger partial charge in [-0.25, -0.2) is 4.79 Å². The topological polar surface area (TPSA) is 87.7 Å². The molecule has 4 amide bonds.